The van der Waals surface area contributed by atoms with Gasteiger partial charge in [-0.1, -0.05) is 51.8 Å². The average Bonchev–Trinajstić information content (AvgIpc) is 2.89. The number of benzene rings is 3. The highest BCUT2D eigenvalue weighted by molar-refractivity contribution is 9.10. The molecule has 1 unspecified atom stereocenters. The highest BCUT2D eigenvalue weighted by Gasteiger charge is 2.41. The monoisotopic (exact) mass is 631 g/mol. The summed E-state index contributed by atoms with van der Waals surface area (Å²) >= 11 is 7.09. The Morgan fingerprint density at radius 3 is 2.61 bits per heavy atom. The van der Waals surface area contributed by atoms with Gasteiger partial charge in [0.25, 0.3) is 0 Å². The van der Waals surface area contributed by atoms with Crippen LogP contribution in [0.4, 0.5) is 5.69 Å². The van der Waals surface area contributed by atoms with Gasteiger partial charge in [-0.05, 0) is 89.6 Å². The summed E-state index contributed by atoms with van der Waals surface area (Å²) in [5.41, 5.74) is 13.5. The summed E-state index contributed by atoms with van der Waals surface area (Å²) in [5.74, 6) is 0.680. The van der Waals surface area contributed by atoms with Gasteiger partial charge in [-0.2, -0.15) is 5.26 Å². The lowest BCUT2D eigenvalue weighted by atomic mass is 9.73. The summed E-state index contributed by atoms with van der Waals surface area (Å²) in [7, 11) is 0. The van der Waals surface area contributed by atoms with E-state index in [0.29, 0.717) is 36.4 Å². The van der Waals surface area contributed by atoms with E-state index in [0.717, 1.165) is 54.8 Å². The van der Waals surface area contributed by atoms with Gasteiger partial charge in [0.1, 0.15) is 18.2 Å². The van der Waals surface area contributed by atoms with Gasteiger partial charge in [-0.3, -0.25) is 9.69 Å². The van der Waals surface area contributed by atoms with E-state index in [2.05, 4.69) is 50.1 Å². The van der Waals surface area contributed by atoms with Gasteiger partial charge >= 0.3 is 0 Å². The van der Waals surface area contributed by atoms with Gasteiger partial charge in [-0.25, -0.2) is 0 Å². The van der Waals surface area contributed by atoms with Gasteiger partial charge in [0.05, 0.1) is 22.0 Å². The fourth-order valence-electron chi connectivity index (χ4n) is 5.44. The zero-order valence-corrected chi connectivity index (χ0v) is 24.4. The summed E-state index contributed by atoms with van der Waals surface area (Å²) in [5, 5.41) is 10.4. The molecule has 1 heterocycles. The number of nitriles is 1. The van der Waals surface area contributed by atoms with Crippen LogP contribution < -0.4 is 15.4 Å². The molecule has 2 N–H and O–H groups in total. The van der Waals surface area contributed by atoms with Crippen molar-refractivity contribution >= 4 is 43.3 Å². The first-order chi connectivity index (χ1) is 18.3. The zero-order chi connectivity index (χ0) is 27.0. The van der Waals surface area contributed by atoms with Crippen LogP contribution in [0.2, 0.25) is 0 Å². The maximum Gasteiger partial charge on any atom is 0.161 e. The molecule has 0 radical (unpaired) electrons. The number of hydrogen-bond acceptors (Lipinski definition) is 5. The van der Waals surface area contributed by atoms with E-state index >= 15 is 0 Å². The fraction of sp³-hybridized carbons (Fsp3) is 0.226. The third-order valence-corrected chi connectivity index (χ3v) is 8.36. The van der Waals surface area contributed by atoms with Gasteiger partial charge in [0.2, 0.25) is 0 Å². The van der Waals surface area contributed by atoms with E-state index in [1.165, 1.54) is 0 Å². The second kappa shape index (κ2) is 10.8. The molecule has 0 bridgehead atoms. The summed E-state index contributed by atoms with van der Waals surface area (Å²) in [4.78, 5) is 15.5. The Kier molecular flexibility index (Phi) is 7.47. The summed E-state index contributed by atoms with van der Waals surface area (Å²) in [6.07, 6.45) is 1.93. The van der Waals surface area contributed by atoms with Crippen molar-refractivity contribution in [3.8, 4) is 11.8 Å². The Hall–Kier alpha value is -3.34. The lowest BCUT2D eigenvalue weighted by molar-refractivity contribution is -0.116. The topological polar surface area (TPSA) is 79.3 Å². The van der Waals surface area contributed by atoms with E-state index in [9.17, 15) is 10.1 Å². The van der Waals surface area contributed by atoms with E-state index in [4.69, 9.17) is 10.5 Å². The highest BCUT2D eigenvalue weighted by atomic mass is 79.9. The van der Waals surface area contributed by atoms with Gasteiger partial charge in [-0.15, -0.1) is 0 Å². The van der Waals surface area contributed by atoms with Crippen LogP contribution in [0.3, 0.4) is 0 Å². The zero-order valence-electron chi connectivity index (χ0n) is 21.2. The van der Waals surface area contributed by atoms with Crippen molar-refractivity contribution in [3.05, 3.63) is 115 Å². The molecule has 1 atom stereocenters. The summed E-state index contributed by atoms with van der Waals surface area (Å²) < 4.78 is 7.93. The molecule has 0 spiro atoms. The SMILES string of the molecule is Cc1cc(COc2ccccc2Br)c(C)c(C2C(C#N)=C(N)N(c3cccc(Br)c3)C3=C2C(=O)CCC3)c1. The minimum absolute atomic E-state index is 0.0726. The van der Waals surface area contributed by atoms with Gasteiger partial charge < -0.3 is 10.5 Å². The molecule has 1 aliphatic carbocycles. The number of nitrogens with two attached hydrogens (primary N) is 1. The molecule has 5 nitrogen and oxygen atoms in total. The minimum Gasteiger partial charge on any atom is -0.488 e. The van der Waals surface area contributed by atoms with Crippen molar-refractivity contribution in [2.75, 3.05) is 4.90 Å². The number of para-hydroxylation sites is 1. The van der Waals surface area contributed by atoms with Crippen molar-refractivity contribution in [2.45, 2.75) is 45.6 Å². The predicted octanol–water partition coefficient (Wildman–Crippen LogP) is 7.71. The second-order valence-corrected chi connectivity index (χ2v) is 11.4. The lowest BCUT2D eigenvalue weighted by Crippen LogP contribution is -2.39. The standard InChI is InChI=1S/C31H27Br2N3O2/c1-18-13-20(17-38-28-12-4-3-9-25(28)33)19(2)23(14-18)29-24(16-34)31(35)36(22-8-5-7-21(32)15-22)26-10-6-11-27(37)30(26)29/h3-5,7-9,12-15,29H,6,10-11,17,35H2,1-2H3. The van der Waals surface area contributed by atoms with Crippen LogP contribution in [0, 0.1) is 25.2 Å². The molecule has 2 aliphatic rings. The van der Waals surface area contributed by atoms with Crippen molar-refractivity contribution in [3.63, 3.8) is 0 Å². The van der Waals surface area contributed by atoms with Crippen LogP contribution in [-0.2, 0) is 11.4 Å². The van der Waals surface area contributed by atoms with Crippen LogP contribution in [0.1, 0.15) is 47.4 Å². The van der Waals surface area contributed by atoms with Crippen LogP contribution in [0.5, 0.6) is 5.75 Å². The molecule has 7 heteroatoms. The number of rotatable bonds is 5. The molecule has 3 aromatic carbocycles. The van der Waals surface area contributed by atoms with Crippen LogP contribution in [-0.4, -0.2) is 5.78 Å². The maximum absolute atomic E-state index is 13.6. The van der Waals surface area contributed by atoms with E-state index in [-0.39, 0.29) is 5.78 Å². The Morgan fingerprint density at radius 2 is 1.87 bits per heavy atom. The maximum atomic E-state index is 13.6. The predicted molar refractivity (Wildman–Crippen MR) is 156 cm³/mol. The van der Waals surface area contributed by atoms with E-state index in [1.807, 2.05) is 67.3 Å². The number of carbonyl (C=O) groups excluding carboxylic acids is 1. The molecule has 38 heavy (non-hydrogen) atoms. The molecule has 3 aromatic rings. The Balaban J connectivity index is 1.65. The molecule has 0 fully saturated rings. The van der Waals surface area contributed by atoms with Crippen LogP contribution in [0.25, 0.3) is 0 Å². The molecule has 0 amide bonds. The van der Waals surface area contributed by atoms with Crippen LogP contribution >= 0.6 is 31.9 Å². The number of carbonyl (C=O) groups is 1. The Morgan fingerprint density at radius 1 is 1.08 bits per heavy atom. The number of aryl methyl sites for hydroxylation is 1. The molecule has 5 rings (SSSR count). The number of halogens is 2. The largest absolute Gasteiger partial charge is 0.488 e. The van der Waals surface area contributed by atoms with E-state index in [1.54, 1.807) is 0 Å². The van der Waals surface area contributed by atoms with Crippen molar-refractivity contribution in [2.24, 2.45) is 5.73 Å². The number of nitrogens with zero attached hydrogens (tertiary/aromatic N) is 2. The molecule has 0 saturated heterocycles. The number of ether oxygens (including phenoxy) is 1. The fourth-order valence-corrected chi connectivity index (χ4v) is 6.22. The third-order valence-electron chi connectivity index (χ3n) is 7.21. The molecular formula is C31H27Br2N3O2. The van der Waals surface area contributed by atoms with Crippen molar-refractivity contribution in [1.29, 1.82) is 5.26 Å². The quantitative estimate of drug-likeness (QED) is 0.312. The first-order valence-electron chi connectivity index (χ1n) is 12.5. The number of hydrogen-bond donors (Lipinski definition) is 1. The first-order valence-corrected chi connectivity index (χ1v) is 14.1. The smallest absolute Gasteiger partial charge is 0.161 e. The summed E-state index contributed by atoms with van der Waals surface area (Å²) in [6, 6.07) is 22.1. The minimum atomic E-state index is -0.520. The number of allylic oxidation sites excluding steroid dienone is 3. The molecule has 0 aromatic heterocycles. The normalized spacial score (nSPS) is 17.4. The van der Waals surface area contributed by atoms with E-state index < -0.39 is 5.92 Å². The Bertz CT molecular complexity index is 1550. The van der Waals surface area contributed by atoms with Gasteiger partial charge in [0, 0.05) is 27.9 Å². The third kappa shape index (κ3) is 4.79. The van der Waals surface area contributed by atoms with Crippen molar-refractivity contribution in [1.82, 2.24) is 0 Å². The van der Waals surface area contributed by atoms with Gasteiger partial charge in [0.15, 0.2) is 5.78 Å². The van der Waals surface area contributed by atoms with Crippen molar-refractivity contribution < 1.29 is 9.53 Å². The molecule has 1 aliphatic heterocycles. The number of Topliss-reactive ketones (excluding diaryl/α,β-unsaturated/α-hetero) is 1. The lowest BCUT2D eigenvalue weighted by Gasteiger charge is -2.40. The first kappa shape index (κ1) is 26.3. The highest BCUT2D eigenvalue weighted by Crippen LogP contribution is 2.47. The molecular weight excluding hydrogens is 606 g/mol. The molecule has 192 valence electrons. The number of ketones is 1. The van der Waals surface area contributed by atoms with Crippen LogP contribution in [0.15, 0.2) is 92.3 Å². The second-order valence-electron chi connectivity index (χ2n) is 9.65. The summed E-state index contributed by atoms with van der Waals surface area (Å²) in [6.45, 7) is 4.42. The average molecular weight is 633 g/mol. The molecule has 0 saturated carbocycles. The Labute approximate surface area is 239 Å². The number of anilines is 1.